The van der Waals surface area contributed by atoms with Gasteiger partial charge in [0, 0.05) is 61.6 Å². The molecule has 5 rings (SSSR count). The van der Waals surface area contributed by atoms with E-state index in [1.165, 1.54) is 27.9 Å². The molecule has 4 aromatic heterocycles. The second-order valence-corrected chi connectivity index (χ2v) is 10.1. The molecule has 5 heterocycles. The van der Waals surface area contributed by atoms with E-state index in [-0.39, 0.29) is 23.9 Å². The summed E-state index contributed by atoms with van der Waals surface area (Å²) in [7, 11) is -3.69. The molecular formula is C19H17ClN6O3S2. The number of hydrogen-bond donors (Lipinski definition) is 1. The lowest BCUT2D eigenvalue weighted by Crippen LogP contribution is -2.50. The Labute approximate surface area is 186 Å². The number of aromatic amines is 1. The van der Waals surface area contributed by atoms with Crippen LogP contribution in [0.1, 0.15) is 5.69 Å². The fraction of sp³-hybridized carbons (Fsp3) is 0.211. The van der Waals surface area contributed by atoms with Crippen molar-refractivity contribution in [2.75, 3.05) is 26.2 Å². The number of thiazole rings is 1. The van der Waals surface area contributed by atoms with E-state index in [0.717, 1.165) is 4.96 Å². The Kier molecular flexibility index (Phi) is 5.05. The van der Waals surface area contributed by atoms with E-state index in [9.17, 15) is 13.2 Å². The molecule has 9 nitrogen and oxygen atoms in total. The van der Waals surface area contributed by atoms with Crippen LogP contribution in [0.4, 0.5) is 0 Å². The van der Waals surface area contributed by atoms with Gasteiger partial charge in [-0.25, -0.2) is 18.4 Å². The zero-order valence-corrected chi connectivity index (χ0v) is 18.5. The van der Waals surface area contributed by atoms with E-state index in [0.29, 0.717) is 35.0 Å². The molecule has 0 unspecified atom stereocenters. The summed E-state index contributed by atoms with van der Waals surface area (Å²) in [5.41, 5.74) is 1.17. The smallest absolute Gasteiger partial charge is 0.246 e. The topological polar surface area (TPSA) is 104 Å². The molecule has 1 fully saturated rings. The number of H-pyrrole nitrogens is 1. The van der Waals surface area contributed by atoms with Crippen molar-refractivity contribution in [3.8, 4) is 0 Å². The maximum Gasteiger partial charge on any atom is 0.246 e. The van der Waals surface area contributed by atoms with Crippen molar-refractivity contribution >= 4 is 60.9 Å². The number of piperazine rings is 1. The molecule has 1 aliphatic rings. The molecule has 1 aliphatic heterocycles. The number of amides is 1. The average Bonchev–Trinajstić information content (AvgIpc) is 3.47. The Hall–Kier alpha value is -2.73. The van der Waals surface area contributed by atoms with Gasteiger partial charge in [0.1, 0.15) is 10.5 Å². The molecule has 0 aromatic carbocycles. The monoisotopic (exact) mass is 476 g/mol. The molecule has 0 atom stereocenters. The Bertz CT molecular complexity index is 1410. The second kappa shape index (κ2) is 7.75. The summed E-state index contributed by atoms with van der Waals surface area (Å²) < 4.78 is 29.4. The Morgan fingerprint density at radius 2 is 2.06 bits per heavy atom. The van der Waals surface area contributed by atoms with E-state index in [1.807, 2.05) is 16.0 Å². The summed E-state index contributed by atoms with van der Waals surface area (Å²) in [5.74, 6) is -0.199. The largest absolute Gasteiger partial charge is 0.345 e. The number of nitrogens with one attached hydrogen (secondary N) is 1. The highest BCUT2D eigenvalue weighted by atomic mass is 35.5. The summed E-state index contributed by atoms with van der Waals surface area (Å²) in [6.45, 7) is 1.04. The Morgan fingerprint density at radius 3 is 2.87 bits per heavy atom. The molecule has 1 amide bonds. The standard InChI is InChI=1S/C19H17ClN6O3S2/c20-17-14(26-10-11-30-19(26)23-17)3-4-16(27)24-6-8-25(9-7-24)31(28,29)15-12-22-18-13(15)2-1-5-21-18/h1-5,10-12H,6-9H2,(H,21,22)/b4-3+. The molecule has 160 valence electrons. The van der Waals surface area contributed by atoms with Gasteiger partial charge in [-0.1, -0.05) is 11.6 Å². The number of rotatable bonds is 4. The van der Waals surface area contributed by atoms with Crippen LogP contribution in [0.3, 0.4) is 0 Å². The molecule has 0 saturated carbocycles. The van der Waals surface area contributed by atoms with Crippen LogP contribution in [0.2, 0.25) is 5.15 Å². The van der Waals surface area contributed by atoms with Crippen molar-refractivity contribution in [3.63, 3.8) is 0 Å². The van der Waals surface area contributed by atoms with Crippen molar-refractivity contribution in [2.45, 2.75) is 4.90 Å². The number of hydrogen-bond acceptors (Lipinski definition) is 6. The highest BCUT2D eigenvalue weighted by Gasteiger charge is 2.31. The van der Waals surface area contributed by atoms with Crippen LogP contribution in [-0.2, 0) is 14.8 Å². The summed E-state index contributed by atoms with van der Waals surface area (Å²) in [5, 5.41) is 2.78. The first-order valence-corrected chi connectivity index (χ1v) is 12.2. The molecule has 0 spiro atoms. The summed E-state index contributed by atoms with van der Waals surface area (Å²) >= 11 is 7.61. The third-order valence-electron chi connectivity index (χ3n) is 5.22. The van der Waals surface area contributed by atoms with Gasteiger partial charge in [0.05, 0.1) is 5.69 Å². The lowest BCUT2D eigenvalue weighted by molar-refractivity contribution is -0.127. The summed E-state index contributed by atoms with van der Waals surface area (Å²) in [4.78, 5) is 26.5. The van der Waals surface area contributed by atoms with E-state index < -0.39 is 10.0 Å². The minimum Gasteiger partial charge on any atom is -0.345 e. The van der Waals surface area contributed by atoms with Gasteiger partial charge in [-0.3, -0.25) is 9.20 Å². The molecule has 0 bridgehead atoms. The van der Waals surface area contributed by atoms with Crippen LogP contribution in [0.15, 0.2) is 47.1 Å². The number of pyridine rings is 1. The number of nitrogens with zero attached hydrogens (tertiary/aromatic N) is 5. The minimum atomic E-state index is -3.69. The number of sulfonamides is 1. The van der Waals surface area contributed by atoms with Crippen LogP contribution < -0.4 is 0 Å². The van der Waals surface area contributed by atoms with Crippen molar-refractivity contribution in [3.05, 3.63) is 53.0 Å². The quantitative estimate of drug-likeness (QED) is 0.456. The van der Waals surface area contributed by atoms with Gasteiger partial charge in [-0.2, -0.15) is 4.31 Å². The third-order valence-corrected chi connectivity index (χ3v) is 8.19. The molecule has 0 radical (unpaired) electrons. The molecular weight excluding hydrogens is 460 g/mol. The van der Waals surface area contributed by atoms with Crippen molar-refractivity contribution in [1.29, 1.82) is 0 Å². The third kappa shape index (κ3) is 3.53. The maximum atomic E-state index is 13.1. The van der Waals surface area contributed by atoms with E-state index in [2.05, 4.69) is 15.0 Å². The fourth-order valence-electron chi connectivity index (χ4n) is 3.61. The van der Waals surface area contributed by atoms with E-state index in [4.69, 9.17) is 11.6 Å². The van der Waals surface area contributed by atoms with Crippen LogP contribution in [0.5, 0.6) is 0 Å². The van der Waals surface area contributed by atoms with Gasteiger partial charge in [-0.15, -0.1) is 11.3 Å². The van der Waals surface area contributed by atoms with Gasteiger partial charge in [0.2, 0.25) is 15.9 Å². The Balaban J connectivity index is 1.28. The fourth-order valence-corrected chi connectivity index (χ4v) is 6.19. The van der Waals surface area contributed by atoms with E-state index in [1.54, 1.807) is 29.3 Å². The molecule has 1 saturated heterocycles. The lowest BCUT2D eigenvalue weighted by Gasteiger charge is -2.33. The minimum absolute atomic E-state index is 0.199. The first-order valence-electron chi connectivity index (χ1n) is 9.45. The van der Waals surface area contributed by atoms with Gasteiger partial charge in [-0.05, 0) is 18.2 Å². The first-order chi connectivity index (χ1) is 14.9. The van der Waals surface area contributed by atoms with Crippen molar-refractivity contribution in [1.82, 2.24) is 28.6 Å². The van der Waals surface area contributed by atoms with Crippen LogP contribution >= 0.6 is 22.9 Å². The summed E-state index contributed by atoms with van der Waals surface area (Å²) in [6, 6.07) is 3.43. The first kappa shape index (κ1) is 20.2. The number of halogens is 1. The number of carbonyl (C=O) groups is 1. The van der Waals surface area contributed by atoms with Gasteiger partial charge in [0.25, 0.3) is 0 Å². The van der Waals surface area contributed by atoms with Crippen LogP contribution in [0.25, 0.3) is 22.1 Å². The SMILES string of the molecule is O=C(/C=C/c1c(Cl)nc2sccn12)N1CCN(S(=O)(=O)c2c[nH]c3ncccc23)CC1. The number of fused-ring (bicyclic) bond motifs is 2. The molecule has 12 heteroatoms. The predicted octanol–water partition coefficient (Wildman–Crippen LogP) is 2.47. The lowest BCUT2D eigenvalue weighted by atomic mass is 10.3. The zero-order valence-electron chi connectivity index (χ0n) is 16.1. The van der Waals surface area contributed by atoms with Crippen LogP contribution in [-0.4, -0.2) is 69.1 Å². The highest BCUT2D eigenvalue weighted by Crippen LogP contribution is 2.25. The van der Waals surface area contributed by atoms with Gasteiger partial charge < -0.3 is 9.88 Å². The highest BCUT2D eigenvalue weighted by molar-refractivity contribution is 7.89. The van der Waals surface area contributed by atoms with Gasteiger partial charge >= 0.3 is 0 Å². The number of imidazole rings is 1. The van der Waals surface area contributed by atoms with Crippen molar-refractivity contribution in [2.24, 2.45) is 0 Å². The van der Waals surface area contributed by atoms with Crippen LogP contribution in [0, 0.1) is 0 Å². The maximum absolute atomic E-state index is 13.1. The Morgan fingerprint density at radius 1 is 1.26 bits per heavy atom. The second-order valence-electron chi connectivity index (χ2n) is 6.96. The zero-order chi connectivity index (χ0) is 21.6. The molecule has 4 aromatic rings. The molecule has 0 aliphatic carbocycles. The number of carbonyl (C=O) groups excluding carboxylic acids is 1. The van der Waals surface area contributed by atoms with Crippen molar-refractivity contribution < 1.29 is 13.2 Å². The summed E-state index contributed by atoms with van der Waals surface area (Å²) in [6.07, 6.45) is 8.00. The van der Waals surface area contributed by atoms with E-state index >= 15 is 0 Å². The molecule has 31 heavy (non-hydrogen) atoms. The number of aromatic nitrogens is 4. The van der Waals surface area contributed by atoms with Gasteiger partial charge in [0.15, 0.2) is 10.1 Å². The average molecular weight is 477 g/mol. The molecule has 1 N–H and O–H groups in total. The predicted molar refractivity (Wildman–Crippen MR) is 119 cm³/mol. The normalized spacial score (nSPS) is 16.1.